The van der Waals surface area contributed by atoms with Crippen molar-refractivity contribution >= 4 is 5.78 Å². The summed E-state index contributed by atoms with van der Waals surface area (Å²) < 4.78 is 18.9. The van der Waals surface area contributed by atoms with Gasteiger partial charge < -0.3 is 4.74 Å². The number of methoxy groups -OCH3 is 1. The minimum absolute atomic E-state index is 0.0868. The van der Waals surface area contributed by atoms with Crippen molar-refractivity contribution in [3.8, 4) is 5.75 Å². The highest BCUT2D eigenvalue weighted by Crippen LogP contribution is 2.25. The highest BCUT2D eigenvalue weighted by Gasteiger charge is 2.18. The van der Waals surface area contributed by atoms with E-state index in [-0.39, 0.29) is 11.3 Å². The van der Waals surface area contributed by atoms with Crippen LogP contribution in [0.1, 0.15) is 33.5 Å². The van der Waals surface area contributed by atoms with Crippen LogP contribution in [0.25, 0.3) is 0 Å². The van der Waals surface area contributed by atoms with Crippen LogP contribution in [0.4, 0.5) is 4.39 Å². The largest absolute Gasteiger partial charge is 0.497 e. The van der Waals surface area contributed by atoms with E-state index in [4.69, 9.17) is 4.74 Å². The maximum absolute atomic E-state index is 13.9. The molecule has 0 amide bonds. The lowest BCUT2D eigenvalue weighted by Gasteiger charge is -2.07. The lowest BCUT2D eigenvalue weighted by molar-refractivity contribution is 0.103. The van der Waals surface area contributed by atoms with Crippen molar-refractivity contribution in [1.82, 2.24) is 0 Å². The van der Waals surface area contributed by atoms with Gasteiger partial charge in [0.1, 0.15) is 11.6 Å². The molecule has 0 saturated carbocycles. The van der Waals surface area contributed by atoms with Crippen molar-refractivity contribution < 1.29 is 13.9 Å². The number of hydrogen-bond acceptors (Lipinski definition) is 2. The van der Waals surface area contributed by atoms with Gasteiger partial charge in [-0.25, -0.2) is 4.39 Å². The van der Waals surface area contributed by atoms with Crippen molar-refractivity contribution in [2.45, 2.75) is 19.3 Å². The van der Waals surface area contributed by atoms with Crippen LogP contribution in [0.5, 0.6) is 5.75 Å². The van der Waals surface area contributed by atoms with E-state index in [0.717, 1.165) is 19.3 Å². The van der Waals surface area contributed by atoms with Crippen LogP contribution in [-0.4, -0.2) is 12.9 Å². The molecular weight excluding hydrogens is 255 g/mol. The number of halogens is 1. The molecule has 2 aromatic carbocycles. The molecule has 0 heterocycles. The average Bonchev–Trinajstić information content (AvgIpc) is 2.93. The SMILES string of the molecule is COc1ccc(C(=O)c2ccc3c(c2)CCC3)c(F)c1. The van der Waals surface area contributed by atoms with E-state index < -0.39 is 5.82 Å². The Morgan fingerprint density at radius 1 is 1.10 bits per heavy atom. The van der Waals surface area contributed by atoms with E-state index in [1.807, 2.05) is 12.1 Å². The number of carbonyl (C=O) groups excluding carboxylic acids is 1. The van der Waals surface area contributed by atoms with Gasteiger partial charge in [-0.1, -0.05) is 12.1 Å². The standard InChI is InChI=1S/C17H15FO2/c1-20-14-7-8-15(16(18)10-14)17(19)13-6-5-11-3-2-4-12(11)9-13/h5-10H,2-4H2,1H3. The number of ketones is 1. The molecule has 0 unspecified atom stereocenters. The molecule has 0 radical (unpaired) electrons. The summed E-state index contributed by atoms with van der Waals surface area (Å²) in [6, 6.07) is 9.98. The molecule has 0 spiro atoms. The normalized spacial score (nSPS) is 13.1. The summed E-state index contributed by atoms with van der Waals surface area (Å²) in [5.41, 5.74) is 3.15. The van der Waals surface area contributed by atoms with Gasteiger partial charge >= 0.3 is 0 Å². The molecule has 2 nitrogen and oxygen atoms in total. The van der Waals surface area contributed by atoms with Crippen LogP contribution in [0.15, 0.2) is 36.4 Å². The molecule has 0 bridgehead atoms. The molecule has 0 aromatic heterocycles. The highest BCUT2D eigenvalue weighted by molar-refractivity contribution is 6.09. The first-order valence-corrected chi connectivity index (χ1v) is 6.69. The molecular formula is C17H15FO2. The van der Waals surface area contributed by atoms with Crippen molar-refractivity contribution in [2.75, 3.05) is 7.11 Å². The molecule has 20 heavy (non-hydrogen) atoms. The fraction of sp³-hybridized carbons (Fsp3) is 0.235. The third kappa shape index (κ3) is 2.20. The second-order valence-corrected chi connectivity index (χ2v) is 5.01. The molecule has 1 aliphatic rings. The smallest absolute Gasteiger partial charge is 0.195 e. The van der Waals surface area contributed by atoms with E-state index in [2.05, 4.69) is 0 Å². The van der Waals surface area contributed by atoms with E-state index >= 15 is 0 Å². The number of fused-ring (bicyclic) bond motifs is 1. The van der Waals surface area contributed by atoms with Crippen LogP contribution in [0, 0.1) is 5.82 Å². The third-order valence-corrected chi connectivity index (χ3v) is 3.78. The Morgan fingerprint density at radius 2 is 1.90 bits per heavy atom. The number of ether oxygens (including phenoxy) is 1. The maximum atomic E-state index is 13.9. The number of rotatable bonds is 3. The van der Waals surface area contributed by atoms with Crippen molar-refractivity contribution in [3.05, 3.63) is 64.5 Å². The molecule has 1 aliphatic carbocycles. The van der Waals surface area contributed by atoms with E-state index in [1.54, 1.807) is 12.1 Å². The van der Waals surface area contributed by atoms with Crippen LogP contribution in [-0.2, 0) is 12.8 Å². The van der Waals surface area contributed by atoms with Gasteiger partial charge in [-0.3, -0.25) is 4.79 Å². The fourth-order valence-electron chi connectivity index (χ4n) is 2.68. The quantitative estimate of drug-likeness (QED) is 0.797. The Hall–Kier alpha value is -2.16. The molecule has 0 N–H and O–H groups in total. The maximum Gasteiger partial charge on any atom is 0.195 e. The minimum atomic E-state index is -0.546. The Balaban J connectivity index is 1.96. The van der Waals surface area contributed by atoms with Gasteiger partial charge in [-0.15, -0.1) is 0 Å². The number of hydrogen-bond donors (Lipinski definition) is 0. The summed E-state index contributed by atoms with van der Waals surface area (Å²) in [7, 11) is 1.47. The Kier molecular flexibility index (Phi) is 3.26. The second kappa shape index (κ2) is 5.08. The first-order chi connectivity index (χ1) is 9.69. The molecule has 3 heteroatoms. The van der Waals surface area contributed by atoms with E-state index in [1.165, 1.54) is 30.4 Å². The summed E-state index contributed by atoms with van der Waals surface area (Å²) >= 11 is 0. The van der Waals surface area contributed by atoms with Crippen LogP contribution < -0.4 is 4.74 Å². The average molecular weight is 270 g/mol. The topological polar surface area (TPSA) is 26.3 Å². The zero-order valence-electron chi connectivity index (χ0n) is 11.3. The summed E-state index contributed by atoms with van der Waals surface area (Å²) in [4.78, 5) is 12.4. The van der Waals surface area contributed by atoms with Gasteiger partial charge in [0.05, 0.1) is 12.7 Å². The van der Waals surface area contributed by atoms with Crippen molar-refractivity contribution in [2.24, 2.45) is 0 Å². The zero-order valence-corrected chi connectivity index (χ0v) is 11.3. The van der Waals surface area contributed by atoms with Crippen LogP contribution >= 0.6 is 0 Å². The lowest BCUT2D eigenvalue weighted by Crippen LogP contribution is -2.05. The first-order valence-electron chi connectivity index (χ1n) is 6.69. The molecule has 2 aromatic rings. The van der Waals surface area contributed by atoms with Gasteiger partial charge in [0.15, 0.2) is 5.78 Å². The van der Waals surface area contributed by atoms with Gasteiger partial charge in [-0.2, -0.15) is 0 Å². The Bertz CT molecular complexity index is 677. The van der Waals surface area contributed by atoms with Gasteiger partial charge in [0.25, 0.3) is 0 Å². The molecule has 0 fully saturated rings. The second-order valence-electron chi connectivity index (χ2n) is 5.01. The molecule has 0 saturated heterocycles. The highest BCUT2D eigenvalue weighted by atomic mass is 19.1. The molecule has 0 atom stereocenters. The van der Waals surface area contributed by atoms with Gasteiger partial charge in [0.2, 0.25) is 0 Å². The Labute approximate surface area is 117 Å². The monoisotopic (exact) mass is 270 g/mol. The first kappa shape index (κ1) is 12.9. The molecule has 0 aliphatic heterocycles. The van der Waals surface area contributed by atoms with Crippen molar-refractivity contribution in [1.29, 1.82) is 0 Å². The zero-order chi connectivity index (χ0) is 14.1. The summed E-state index contributed by atoms with van der Waals surface area (Å²) in [5, 5.41) is 0. The van der Waals surface area contributed by atoms with Gasteiger partial charge in [-0.05, 0) is 48.6 Å². The van der Waals surface area contributed by atoms with Crippen molar-refractivity contribution in [3.63, 3.8) is 0 Å². The summed E-state index contributed by atoms with van der Waals surface area (Å²) in [5.74, 6) is -0.414. The predicted octanol–water partition coefficient (Wildman–Crippen LogP) is 3.55. The number of benzene rings is 2. The minimum Gasteiger partial charge on any atom is -0.497 e. The Morgan fingerprint density at radius 3 is 2.65 bits per heavy atom. The fourth-order valence-corrected chi connectivity index (χ4v) is 2.68. The van der Waals surface area contributed by atoms with Crippen LogP contribution in [0.3, 0.4) is 0 Å². The molecule has 102 valence electrons. The number of carbonyl (C=O) groups is 1. The third-order valence-electron chi connectivity index (χ3n) is 3.78. The van der Waals surface area contributed by atoms with Crippen LogP contribution in [0.2, 0.25) is 0 Å². The molecule has 3 rings (SSSR count). The van der Waals surface area contributed by atoms with E-state index in [9.17, 15) is 9.18 Å². The van der Waals surface area contributed by atoms with Gasteiger partial charge in [0, 0.05) is 11.6 Å². The summed E-state index contributed by atoms with van der Waals surface area (Å²) in [6.07, 6.45) is 3.20. The predicted molar refractivity (Wildman–Crippen MR) is 74.9 cm³/mol. The number of aryl methyl sites for hydroxylation is 2. The summed E-state index contributed by atoms with van der Waals surface area (Å²) in [6.45, 7) is 0. The van der Waals surface area contributed by atoms with E-state index in [0.29, 0.717) is 11.3 Å². The lowest BCUT2D eigenvalue weighted by atomic mass is 9.99.